The number of hydrogen-bond donors (Lipinski definition) is 1. The number of nitrogens with zero attached hydrogens (tertiary/aromatic N) is 2. The average molecular weight is 343 g/mol. The third-order valence-electron chi connectivity index (χ3n) is 3.70. The fourth-order valence-corrected chi connectivity index (χ4v) is 2.40. The lowest BCUT2D eigenvalue weighted by Crippen LogP contribution is -2.15. The van der Waals surface area contributed by atoms with Gasteiger partial charge in [0.25, 0.3) is 5.91 Å². The Hall–Kier alpha value is -3.22. The molecule has 0 spiro atoms. The number of hydrogen-bond acceptors (Lipinski definition) is 3. The summed E-state index contributed by atoms with van der Waals surface area (Å²) >= 11 is 0. The molecule has 0 bridgehead atoms. The summed E-state index contributed by atoms with van der Waals surface area (Å²) in [5.41, 5.74) is 1.06. The van der Waals surface area contributed by atoms with Gasteiger partial charge in [-0.15, -0.1) is 0 Å². The molecule has 0 saturated carbocycles. The van der Waals surface area contributed by atoms with Gasteiger partial charge in [0, 0.05) is 12.6 Å². The standard InChI is InChI=1S/C18H15F2N3O2/c1-23-16(11-6-8-12(25-2)9-7-11)10-15(22-23)18(24)21-17-13(19)4-3-5-14(17)20/h3-10H,1-2H3,(H,21,24). The second kappa shape index (κ2) is 6.72. The van der Waals surface area contributed by atoms with Gasteiger partial charge in [0.05, 0.1) is 12.8 Å². The van der Waals surface area contributed by atoms with Crippen molar-refractivity contribution in [2.45, 2.75) is 0 Å². The normalized spacial score (nSPS) is 10.6. The van der Waals surface area contributed by atoms with Gasteiger partial charge < -0.3 is 10.1 Å². The highest BCUT2D eigenvalue weighted by Gasteiger charge is 2.17. The van der Waals surface area contributed by atoms with Crippen LogP contribution in [0.2, 0.25) is 0 Å². The Balaban J connectivity index is 1.87. The first-order valence-electron chi connectivity index (χ1n) is 7.43. The molecule has 1 N–H and O–H groups in total. The number of aromatic nitrogens is 2. The monoisotopic (exact) mass is 343 g/mol. The molecular weight excluding hydrogens is 328 g/mol. The van der Waals surface area contributed by atoms with Gasteiger partial charge in [-0.2, -0.15) is 5.10 Å². The van der Waals surface area contributed by atoms with Crippen LogP contribution in [0.4, 0.5) is 14.5 Å². The Bertz CT molecular complexity index is 900. The summed E-state index contributed by atoms with van der Waals surface area (Å²) in [5, 5.41) is 6.33. The van der Waals surface area contributed by atoms with Gasteiger partial charge in [0.15, 0.2) is 5.69 Å². The first kappa shape index (κ1) is 16.6. The van der Waals surface area contributed by atoms with Crippen molar-refractivity contribution in [2.24, 2.45) is 7.05 Å². The molecule has 0 radical (unpaired) electrons. The molecule has 3 aromatic rings. The van der Waals surface area contributed by atoms with E-state index >= 15 is 0 Å². The number of carbonyl (C=O) groups is 1. The summed E-state index contributed by atoms with van der Waals surface area (Å²) in [6.45, 7) is 0. The molecule has 1 amide bonds. The smallest absolute Gasteiger partial charge is 0.276 e. The summed E-state index contributed by atoms with van der Waals surface area (Å²) in [6.07, 6.45) is 0. The lowest BCUT2D eigenvalue weighted by molar-refractivity contribution is 0.102. The van der Waals surface area contributed by atoms with E-state index in [1.807, 2.05) is 12.1 Å². The number of amides is 1. The van der Waals surface area contributed by atoms with Crippen LogP contribution in [0.15, 0.2) is 48.5 Å². The molecule has 128 valence electrons. The van der Waals surface area contributed by atoms with Crippen molar-refractivity contribution in [3.05, 3.63) is 65.9 Å². The van der Waals surface area contributed by atoms with Crippen LogP contribution in [-0.2, 0) is 7.05 Å². The van der Waals surface area contributed by atoms with Crippen molar-refractivity contribution in [3.8, 4) is 17.0 Å². The molecule has 0 fully saturated rings. The summed E-state index contributed by atoms with van der Waals surface area (Å²) in [6, 6.07) is 12.1. The number of ether oxygens (including phenoxy) is 1. The Morgan fingerprint density at radius 2 is 1.76 bits per heavy atom. The van der Waals surface area contributed by atoms with E-state index in [0.717, 1.165) is 17.7 Å². The molecule has 1 heterocycles. The predicted octanol–water partition coefficient (Wildman–Crippen LogP) is 3.63. The van der Waals surface area contributed by atoms with Crippen LogP contribution in [0.25, 0.3) is 11.3 Å². The molecule has 7 heteroatoms. The first-order chi connectivity index (χ1) is 12.0. The largest absolute Gasteiger partial charge is 0.497 e. The van der Waals surface area contributed by atoms with Gasteiger partial charge in [-0.25, -0.2) is 8.78 Å². The number of benzene rings is 2. The maximum absolute atomic E-state index is 13.7. The third kappa shape index (κ3) is 3.35. The van der Waals surface area contributed by atoms with Crippen LogP contribution in [0.3, 0.4) is 0 Å². The van der Waals surface area contributed by atoms with Crippen LogP contribution in [0.1, 0.15) is 10.5 Å². The number of anilines is 1. The minimum absolute atomic E-state index is 0.0518. The Morgan fingerprint density at radius 3 is 2.36 bits per heavy atom. The van der Waals surface area contributed by atoms with Gasteiger partial charge in [0.1, 0.15) is 23.1 Å². The van der Waals surface area contributed by atoms with Gasteiger partial charge in [-0.1, -0.05) is 6.07 Å². The van der Waals surface area contributed by atoms with Crippen LogP contribution >= 0.6 is 0 Å². The van der Waals surface area contributed by atoms with E-state index in [0.29, 0.717) is 11.4 Å². The van der Waals surface area contributed by atoms with E-state index in [4.69, 9.17) is 4.74 Å². The van der Waals surface area contributed by atoms with Crippen molar-refractivity contribution in [2.75, 3.05) is 12.4 Å². The van der Waals surface area contributed by atoms with Gasteiger partial charge >= 0.3 is 0 Å². The Kier molecular flexibility index (Phi) is 4.47. The van der Waals surface area contributed by atoms with Crippen molar-refractivity contribution < 1.29 is 18.3 Å². The molecule has 0 aliphatic carbocycles. The molecule has 5 nitrogen and oxygen atoms in total. The zero-order valence-corrected chi connectivity index (χ0v) is 13.6. The van der Waals surface area contributed by atoms with E-state index in [2.05, 4.69) is 10.4 Å². The fraction of sp³-hybridized carbons (Fsp3) is 0.111. The van der Waals surface area contributed by atoms with E-state index in [-0.39, 0.29) is 5.69 Å². The Morgan fingerprint density at radius 1 is 1.12 bits per heavy atom. The highest BCUT2D eigenvalue weighted by molar-refractivity contribution is 6.03. The van der Waals surface area contributed by atoms with Crippen LogP contribution in [-0.4, -0.2) is 22.8 Å². The molecule has 2 aromatic carbocycles. The molecule has 0 aliphatic heterocycles. The van der Waals surface area contributed by atoms with Gasteiger partial charge in [0.2, 0.25) is 0 Å². The number of para-hydroxylation sites is 1. The van der Waals surface area contributed by atoms with E-state index in [1.165, 1.54) is 10.7 Å². The molecule has 0 aliphatic rings. The van der Waals surface area contributed by atoms with Crippen molar-refractivity contribution in [1.82, 2.24) is 9.78 Å². The minimum atomic E-state index is -0.848. The molecule has 3 rings (SSSR count). The summed E-state index contributed by atoms with van der Waals surface area (Å²) < 4.78 is 33.9. The lowest BCUT2D eigenvalue weighted by atomic mass is 10.1. The summed E-state index contributed by atoms with van der Waals surface area (Å²) in [7, 11) is 3.25. The van der Waals surface area contributed by atoms with E-state index < -0.39 is 23.2 Å². The molecule has 25 heavy (non-hydrogen) atoms. The number of halogens is 2. The highest BCUT2D eigenvalue weighted by atomic mass is 19.1. The van der Waals surface area contributed by atoms with Crippen molar-refractivity contribution in [1.29, 1.82) is 0 Å². The SMILES string of the molecule is COc1ccc(-c2cc(C(=O)Nc3c(F)cccc3F)nn2C)cc1. The maximum atomic E-state index is 13.7. The Labute approximate surface area is 142 Å². The van der Waals surface area contributed by atoms with E-state index in [9.17, 15) is 13.6 Å². The van der Waals surface area contributed by atoms with E-state index in [1.54, 1.807) is 32.4 Å². The number of aryl methyl sites for hydroxylation is 1. The lowest BCUT2D eigenvalue weighted by Gasteiger charge is -2.05. The summed E-state index contributed by atoms with van der Waals surface area (Å²) in [4.78, 5) is 12.3. The molecule has 0 saturated heterocycles. The summed E-state index contributed by atoms with van der Waals surface area (Å²) in [5.74, 6) is -1.68. The zero-order chi connectivity index (χ0) is 18.0. The zero-order valence-electron chi connectivity index (χ0n) is 13.6. The number of methoxy groups -OCH3 is 1. The quantitative estimate of drug-likeness (QED) is 0.787. The van der Waals surface area contributed by atoms with Crippen LogP contribution in [0, 0.1) is 11.6 Å². The van der Waals surface area contributed by atoms with Gasteiger partial charge in [-0.3, -0.25) is 9.48 Å². The van der Waals surface area contributed by atoms with Crippen LogP contribution in [0.5, 0.6) is 5.75 Å². The predicted molar refractivity (Wildman–Crippen MR) is 89.5 cm³/mol. The maximum Gasteiger partial charge on any atom is 0.276 e. The first-order valence-corrected chi connectivity index (χ1v) is 7.43. The molecular formula is C18H15F2N3O2. The molecule has 0 unspecified atom stereocenters. The number of carbonyl (C=O) groups excluding carboxylic acids is 1. The molecule has 0 atom stereocenters. The third-order valence-corrected chi connectivity index (χ3v) is 3.70. The minimum Gasteiger partial charge on any atom is -0.497 e. The van der Waals surface area contributed by atoms with Gasteiger partial charge in [-0.05, 0) is 42.5 Å². The van der Waals surface area contributed by atoms with Crippen molar-refractivity contribution in [3.63, 3.8) is 0 Å². The second-order valence-electron chi connectivity index (χ2n) is 5.32. The number of nitrogens with one attached hydrogen (secondary N) is 1. The highest BCUT2D eigenvalue weighted by Crippen LogP contribution is 2.24. The second-order valence-corrected chi connectivity index (χ2v) is 5.32. The fourth-order valence-electron chi connectivity index (χ4n) is 2.40. The molecule has 1 aromatic heterocycles. The van der Waals surface area contributed by atoms with Crippen LogP contribution < -0.4 is 10.1 Å². The van der Waals surface area contributed by atoms with Crippen molar-refractivity contribution >= 4 is 11.6 Å². The topological polar surface area (TPSA) is 56.1 Å². The number of rotatable bonds is 4. The average Bonchev–Trinajstić information content (AvgIpc) is 3.00.